The van der Waals surface area contributed by atoms with Gasteiger partial charge in [0, 0.05) is 13.2 Å². The Labute approximate surface area is 208 Å². The summed E-state index contributed by atoms with van der Waals surface area (Å²) >= 11 is 0. The van der Waals surface area contributed by atoms with E-state index in [1.807, 2.05) is 0 Å². The van der Waals surface area contributed by atoms with Gasteiger partial charge in [0.15, 0.2) is 0 Å². The van der Waals surface area contributed by atoms with Gasteiger partial charge in [-0.1, -0.05) is 124 Å². The summed E-state index contributed by atoms with van der Waals surface area (Å²) < 4.78 is 10.6. The zero-order chi connectivity index (χ0) is 24.7. The summed E-state index contributed by atoms with van der Waals surface area (Å²) in [6.07, 6.45) is 25.6. The lowest BCUT2D eigenvalue weighted by Crippen LogP contribution is -2.11. The van der Waals surface area contributed by atoms with Crippen molar-refractivity contribution >= 4 is 0 Å². The second kappa shape index (κ2) is 34.0. The summed E-state index contributed by atoms with van der Waals surface area (Å²) in [6.45, 7) is 9.71. The molecule has 0 fully saturated rings. The Morgan fingerprint density at radius 1 is 0.455 bits per heavy atom. The predicted octanol–water partition coefficient (Wildman–Crippen LogP) is 8.08. The lowest BCUT2D eigenvalue weighted by Gasteiger charge is -2.15. The maximum Gasteiger partial charge on any atom is 0.0697 e. The van der Waals surface area contributed by atoms with E-state index in [0.717, 1.165) is 19.6 Å². The van der Waals surface area contributed by atoms with Crippen LogP contribution >= 0.6 is 0 Å². The van der Waals surface area contributed by atoms with Crippen LogP contribution in [0.2, 0.25) is 0 Å². The number of ether oxygens (including phenoxy) is 2. The Morgan fingerprint density at radius 3 is 1.39 bits per heavy atom. The van der Waals surface area contributed by atoms with Crippen molar-refractivity contribution in [3.63, 3.8) is 0 Å². The normalized spacial score (nSPS) is 11.9. The van der Waals surface area contributed by atoms with Crippen molar-refractivity contribution < 1.29 is 19.7 Å². The lowest BCUT2D eigenvalue weighted by atomic mass is 9.97. The van der Waals surface area contributed by atoms with Crippen molar-refractivity contribution in [1.29, 1.82) is 0 Å². The molecular weight excluding hydrogens is 412 g/mol. The molecule has 0 aromatic heterocycles. The van der Waals surface area contributed by atoms with Gasteiger partial charge in [-0.25, -0.2) is 0 Å². The molecule has 202 valence electrons. The van der Waals surface area contributed by atoms with Gasteiger partial charge in [0.05, 0.1) is 26.4 Å². The third-order valence-electron chi connectivity index (χ3n) is 6.13. The fourth-order valence-electron chi connectivity index (χ4n) is 4.11. The molecule has 33 heavy (non-hydrogen) atoms. The van der Waals surface area contributed by atoms with Crippen molar-refractivity contribution in [3.8, 4) is 0 Å². The Bertz CT molecular complexity index is 298. The van der Waals surface area contributed by atoms with Crippen molar-refractivity contribution in [2.45, 2.75) is 143 Å². The van der Waals surface area contributed by atoms with Crippen LogP contribution in [-0.4, -0.2) is 49.9 Å². The molecule has 0 spiro atoms. The van der Waals surface area contributed by atoms with E-state index < -0.39 is 0 Å². The highest BCUT2D eigenvalue weighted by atomic mass is 16.5. The maximum atomic E-state index is 8.68. The average molecular weight is 475 g/mol. The molecule has 0 aromatic rings. The third kappa shape index (κ3) is 34.1. The van der Waals surface area contributed by atoms with Gasteiger partial charge < -0.3 is 19.7 Å². The molecule has 0 saturated heterocycles. The van der Waals surface area contributed by atoms with E-state index in [1.54, 1.807) is 0 Å². The summed E-state index contributed by atoms with van der Waals surface area (Å²) in [7, 11) is 0. The minimum Gasteiger partial charge on any atom is -0.394 e. The van der Waals surface area contributed by atoms with E-state index in [-0.39, 0.29) is 13.2 Å². The van der Waals surface area contributed by atoms with E-state index >= 15 is 0 Å². The summed E-state index contributed by atoms with van der Waals surface area (Å²) in [5, 5.41) is 17.2. The molecule has 0 saturated carbocycles. The highest BCUT2D eigenvalue weighted by Crippen LogP contribution is 2.17. The Hall–Kier alpha value is -0.160. The monoisotopic (exact) mass is 474 g/mol. The molecule has 1 atom stereocenters. The van der Waals surface area contributed by atoms with Crippen LogP contribution in [0.1, 0.15) is 143 Å². The van der Waals surface area contributed by atoms with Crippen LogP contribution in [0.25, 0.3) is 0 Å². The Balaban J connectivity index is 0. The first-order valence-corrected chi connectivity index (χ1v) is 14.6. The minimum atomic E-state index is 0.149. The maximum absolute atomic E-state index is 8.68. The van der Waals surface area contributed by atoms with Crippen LogP contribution in [0.5, 0.6) is 0 Å². The molecule has 0 aliphatic carbocycles. The molecular formula is C29H62O4. The standard InChI is InChI=1S/C15H32O2.C14H30O2/c1-3-5-6-7-8-9-11-15(10-4-2)14-17-13-12-16;1-2-3-4-5-6-7-8-9-10-11-13-16-14-12-15/h15-16H,3-14H2,1-2H3;15H,2-14H2,1H3. The summed E-state index contributed by atoms with van der Waals surface area (Å²) in [4.78, 5) is 0. The molecule has 4 nitrogen and oxygen atoms in total. The van der Waals surface area contributed by atoms with Gasteiger partial charge in [-0.15, -0.1) is 0 Å². The molecule has 0 aliphatic rings. The van der Waals surface area contributed by atoms with Gasteiger partial charge in [-0.3, -0.25) is 0 Å². The molecule has 0 aliphatic heterocycles. The molecule has 0 aromatic carbocycles. The molecule has 2 N–H and O–H groups in total. The van der Waals surface area contributed by atoms with Crippen LogP contribution < -0.4 is 0 Å². The summed E-state index contributed by atoms with van der Waals surface area (Å²) in [6, 6.07) is 0. The first-order valence-electron chi connectivity index (χ1n) is 14.6. The van der Waals surface area contributed by atoms with Crippen molar-refractivity contribution in [2.24, 2.45) is 5.92 Å². The predicted molar refractivity (Wildman–Crippen MR) is 144 cm³/mol. The number of unbranched alkanes of at least 4 members (excludes halogenated alkanes) is 14. The molecule has 0 bridgehead atoms. The lowest BCUT2D eigenvalue weighted by molar-refractivity contribution is 0.0625. The second-order valence-electron chi connectivity index (χ2n) is 9.53. The van der Waals surface area contributed by atoms with Crippen LogP contribution in [-0.2, 0) is 9.47 Å². The van der Waals surface area contributed by atoms with Crippen LogP contribution in [0, 0.1) is 5.92 Å². The molecule has 0 radical (unpaired) electrons. The zero-order valence-corrected chi connectivity index (χ0v) is 23.0. The Morgan fingerprint density at radius 2 is 0.909 bits per heavy atom. The minimum absolute atomic E-state index is 0.149. The number of rotatable bonds is 26. The van der Waals surface area contributed by atoms with E-state index in [0.29, 0.717) is 19.1 Å². The SMILES string of the molecule is CCCCCCCCC(CCC)COCCO.CCCCCCCCCCCCOCCO. The molecule has 0 rings (SSSR count). The molecule has 4 heteroatoms. The fraction of sp³-hybridized carbons (Fsp3) is 1.00. The summed E-state index contributed by atoms with van der Waals surface area (Å²) in [5.74, 6) is 0.706. The van der Waals surface area contributed by atoms with Gasteiger partial charge in [-0.05, 0) is 25.2 Å². The van der Waals surface area contributed by atoms with Crippen LogP contribution in [0.15, 0.2) is 0 Å². The number of hydrogen-bond acceptors (Lipinski definition) is 4. The number of aliphatic hydroxyl groups excluding tert-OH is 2. The van der Waals surface area contributed by atoms with Crippen molar-refractivity contribution in [2.75, 3.05) is 39.6 Å². The quantitative estimate of drug-likeness (QED) is 0.124. The Kier molecular flexibility index (Phi) is 36.1. The van der Waals surface area contributed by atoms with Gasteiger partial charge in [0.1, 0.15) is 0 Å². The largest absolute Gasteiger partial charge is 0.394 e. The molecule has 0 amide bonds. The number of aliphatic hydroxyl groups is 2. The fourth-order valence-corrected chi connectivity index (χ4v) is 4.11. The highest BCUT2D eigenvalue weighted by Gasteiger charge is 2.07. The third-order valence-corrected chi connectivity index (χ3v) is 6.13. The van der Waals surface area contributed by atoms with E-state index in [2.05, 4.69) is 20.8 Å². The van der Waals surface area contributed by atoms with Crippen molar-refractivity contribution in [3.05, 3.63) is 0 Å². The van der Waals surface area contributed by atoms with Gasteiger partial charge >= 0.3 is 0 Å². The molecule has 0 heterocycles. The average Bonchev–Trinajstić information content (AvgIpc) is 2.82. The smallest absolute Gasteiger partial charge is 0.0697 e. The first kappa shape index (κ1) is 35.0. The highest BCUT2D eigenvalue weighted by molar-refractivity contribution is 4.59. The zero-order valence-electron chi connectivity index (χ0n) is 23.0. The van der Waals surface area contributed by atoms with Gasteiger partial charge in [0.25, 0.3) is 0 Å². The van der Waals surface area contributed by atoms with Gasteiger partial charge in [0.2, 0.25) is 0 Å². The van der Waals surface area contributed by atoms with Crippen LogP contribution in [0.4, 0.5) is 0 Å². The van der Waals surface area contributed by atoms with E-state index in [4.69, 9.17) is 19.7 Å². The van der Waals surface area contributed by atoms with E-state index in [1.165, 1.54) is 116 Å². The van der Waals surface area contributed by atoms with Crippen molar-refractivity contribution in [1.82, 2.24) is 0 Å². The second-order valence-corrected chi connectivity index (χ2v) is 9.53. The topological polar surface area (TPSA) is 58.9 Å². The first-order chi connectivity index (χ1) is 16.3. The van der Waals surface area contributed by atoms with Gasteiger partial charge in [-0.2, -0.15) is 0 Å². The molecule has 1 unspecified atom stereocenters. The van der Waals surface area contributed by atoms with E-state index in [9.17, 15) is 0 Å². The number of hydrogen-bond donors (Lipinski definition) is 2. The van der Waals surface area contributed by atoms with Crippen LogP contribution in [0.3, 0.4) is 0 Å². The summed E-state index contributed by atoms with van der Waals surface area (Å²) in [5.41, 5.74) is 0.